The highest BCUT2D eigenvalue weighted by Crippen LogP contribution is 2.40. The molecule has 3 fully saturated rings. The Morgan fingerprint density at radius 3 is 2.64 bits per heavy atom. The van der Waals surface area contributed by atoms with Crippen LogP contribution in [-0.4, -0.2) is 74.0 Å². The summed E-state index contributed by atoms with van der Waals surface area (Å²) in [6, 6.07) is 2.07. The zero-order chi connectivity index (χ0) is 28.1. The van der Waals surface area contributed by atoms with Crippen molar-refractivity contribution in [3.8, 4) is 0 Å². The predicted octanol–water partition coefficient (Wildman–Crippen LogP) is 2.46. The lowest BCUT2D eigenvalue weighted by molar-refractivity contribution is -0.144. The quantitative estimate of drug-likeness (QED) is 0.581. The van der Waals surface area contributed by atoms with Crippen molar-refractivity contribution < 1.29 is 23.9 Å². The smallest absolute Gasteiger partial charge is 0.249 e. The number of hydrogen-bond acceptors (Lipinski definition) is 6. The summed E-state index contributed by atoms with van der Waals surface area (Å²) in [7, 11) is 0. The van der Waals surface area contributed by atoms with Crippen molar-refractivity contribution in [1.29, 1.82) is 0 Å². The van der Waals surface area contributed by atoms with E-state index in [4.69, 9.17) is 0 Å². The van der Waals surface area contributed by atoms with Crippen molar-refractivity contribution in [3.05, 3.63) is 41.5 Å². The van der Waals surface area contributed by atoms with Gasteiger partial charge in [-0.2, -0.15) is 0 Å². The normalized spacial score (nSPS) is 24.7. The second-order valence-electron chi connectivity index (χ2n) is 12.2. The van der Waals surface area contributed by atoms with Gasteiger partial charge in [-0.3, -0.25) is 14.4 Å². The zero-order valence-electron chi connectivity index (χ0n) is 22.9. The molecular formula is C28H37FN6O4. The maximum Gasteiger partial charge on any atom is 0.249 e. The summed E-state index contributed by atoms with van der Waals surface area (Å²) in [4.78, 5) is 43.5. The van der Waals surface area contributed by atoms with Gasteiger partial charge in [-0.1, -0.05) is 32.1 Å². The number of nitrogens with zero attached hydrogens (tertiary/aromatic N) is 5. The molecule has 2 saturated heterocycles. The molecule has 2 aromatic rings. The number of aliphatic hydroxyl groups excluding tert-OH is 1. The van der Waals surface area contributed by atoms with Crippen LogP contribution in [-0.2, 0) is 14.4 Å². The minimum atomic E-state index is -0.942. The van der Waals surface area contributed by atoms with E-state index < -0.39 is 47.3 Å². The number of aromatic nitrogens is 3. The number of β-amino-alcohol motifs (C(OH)–C–C–N with tert-alkyl or cyclic N) is 1. The van der Waals surface area contributed by atoms with Crippen molar-refractivity contribution in [1.82, 2.24) is 25.2 Å². The van der Waals surface area contributed by atoms with Gasteiger partial charge in [-0.05, 0) is 55.7 Å². The predicted molar refractivity (Wildman–Crippen MR) is 141 cm³/mol. The fourth-order valence-electron chi connectivity index (χ4n) is 5.67. The van der Waals surface area contributed by atoms with Gasteiger partial charge in [-0.25, -0.2) is 9.07 Å². The van der Waals surface area contributed by atoms with Crippen LogP contribution in [0.15, 0.2) is 24.4 Å². The number of aliphatic hydroxyl groups is 1. The summed E-state index contributed by atoms with van der Waals surface area (Å²) >= 11 is 0. The van der Waals surface area contributed by atoms with Gasteiger partial charge in [-0.15, -0.1) is 5.10 Å². The number of rotatable bonds is 6. The average Bonchev–Trinajstić information content (AvgIpc) is 3.48. The summed E-state index contributed by atoms with van der Waals surface area (Å²) in [6.07, 6.45) is 4.11. The topological polar surface area (TPSA) is 121 Å². The van der Waals surface area contributed by atoms with Crippen molar-refractivity contribution in [2.75, 3.05) is 18.0 Å². The molecule has 3 amide bonds. The Morgan fingerprint density at radius 2 is 1.95 bits per heavy atom. The maximum atomic E-state index is 14.5. The monoisotopic (exact) mass is 540 g/mol. The Kier molecular flexibility index (Phi) is 7.21. The van der Waals surface area contributed by atoms with E-state index in [9.17, 15) is 23.9 Å². The summed E-state index contributed by atoms with van der Waals surface area (Å²) in [6.45, 7) is 7.96. The number of hydrogen-bond donors (Lipinski definition) is 2. The number of halogens is 1. The van der Waals surface area contributed by atoms with E-state index in [1.807, 2.05) is 33.9 Å². The molecule has 3 heterocycles. The first-order chi connectivity index (χ1) is 18.4. The van der Waals surface area contributed by atoms with E-state index in [2.05, 4.69) is 15.6 Å². The first kappa shape index (κ1) is 27.2. The molecule has 1 aromatic carbocycles. The van der Waals surface area contributed by atoms with Crippen molar-refractivity contribution >= 4 is 23.4 Å². The van der Waals surface area contributed by atoms with Gasteiger partial charge in [0.2, 0.25) is 17.7 Å². The van der Waals surface area contributed by atoms with Crippen molar-refractivity contribution in [3.63, 3.8) is 0 Å². The van der Waals surface area contributed by atoms with Gasteiger partial charge in [0.15, 0.2) is 0 Å². The number of carbonyl (C=O) groups is 3. The molecule has 39 heavy (non-hydrogen) atoms. The molecule has 0 spiro atoms. The second-order valence-corrected chi connectivity index (χ2v) is 12.2. The molecular weight excluding hydrogens is 503 g/mol. The van der Waals surface area contributed by atoms with Crippen LogP contribution in [0.25, 0.3) is 0 Å². The van der Waals surface area contributed by atoms with Gasteiger partial charge in [0, 0.05) is 31.6 Å². The van der Waals surface area contributed by atoms with E-state index >= 15 is 0 Å². The van der Waals surface area contributed by atoms with Gasteiger partial charge in [0.1, 0.15) is 23.9 Å². The van der Waals surface area contributed by atoms with E-state index in [-0.39, 0.29) is 24.6 Å². The van der Waals surface area contributed by atoms with Crippen molar-refractivity contribution in [2.24, 2.45) is 5.41 Å². The number of amides is 3. The largest absolute Gasteiger partial charge is 0.391 e. The minimum absolute atomic E-state index is 0.00687. The molecule has 210 valence electrons. The number of benzene rings is 1. The summed E-state index contributed by atoms with van der Waals surface area (Å²) < 4.78 is 16.1. The van der Waals surface area contributed by atoms with Crippen LogP contribution in [0.4, 0.5) is 10.1 Å². The molecule has 0 radical (unpaired) electrons. The Morgan fingerprint density at radius 1 is 1.21 bits per heavy atom. The number of carbonyl (C=O) groups excluding carboxylic acids is 3. The molecule has 10 nitrogen and oxygen atoms in total. The van der Waals surface area contributed by atoms with Crippen LogP contribution in [0.1, 0.15) is 76.1 Å². The molecule has 11 heteroatoms. The molecule has 1 aliphatic carbocycles. The molecule has 3 aliphatic rings. The fraction of sp³-hybridized carbons (Fsp3) is 0.607. The third-order valence-corrected chi connectivity index (χ3v) is 7.85. The van der Waals surface area contributed by atoms with Crippen LogP contribution in [0.2, 0.25) is 0 Å². The molecule has 2 N–H and O–H groups in total. The SMILES string of the molecule is Cc1ccc(F)c(N2CCCC(NC(=O)[C@@H]3C[C@@H](O)CN3C(=O)[C@@H](n3cc(C4CC4)nn3)C(C)(C)C)C2=O)c1. The van der Waals surface area contributed by atoms with E-state index in [0.29, 0.717) is 25.3 Å². The lowest BCUT2D eigenvalue weighted by Crippen LogP contribution is -2.57. The fourth-order valence-corrected chi connectivity index (χ4v) is 5.67. The Bertz CT molecular complexity index is 1270. The summed E-state index contributed by atoms with van der Waals surface area (Å²) in [5, 5.41) is 21.8. The van der Waals surface area contributed by atoms with Crippen molar-refractivity contribution in [2.45, 2.75) is 89.9 Å². The first-order valence-corrected chi connectivity index (χ1v) is 13.7. The standard InChI is InChI=1S/C28H37FN6O4/c1-16-7-10-19(29)22(12-16)33-11-5-6-20(26(33)38)30-25(37)23-13-18(36)14-34(23)27(39)24(28(2,3)4)35-15-21(31-32-35)17-8-9-17/h7,10,12,15,17-18,20,23-24,36H,5-6,8-9,11,13-14H2,1-4H3,(H,30,37)/t18-,20?,23+,24-/m1/s1. The highest BCUT2D eigenvalue weighted by Gasteiger charge is 2.46. The van der Waals surface area contributed by atoms with Gasteiger partial charge in [0.25, 0.3) is 0 Å². The van der Waals surface area contributed by atoms with Crippen LogP contribution >= 0.6 is 0 Å². The minimum Gasteiger partial charge on any atom is -0.391 e. The highest BCUT2D eigenvalue weighted by molar-refractivity contribution is 6.01. The molecule has 2 aliphatic heterocycles. The van der Waals surface area contributed by atoms with Crippen LogP contribution in [0.3, 0.4) is 0 Å². The third kappa shape index (κ3) is 5.54. The van der Waals surface area contributed by atoms with Crippen LogP contribution < -0.4 is 10.2 Å². The summed E-state index contributed by atoms with van der Waals surface area (Å²) in [5.41, 5.74) is 1.33. The highest BCUT2D eigenvalue weighted by atomic mass is 19.1. The lowest BCUT2D eigenvalue weighted by atomic mass is 9.85. The number of anilines is 1. The number of aryl methyl sites for hydroxylation is 1. The maximum absolute atomic E-state index is 14.5. The average molecular weight is 541 g/mol. The molecule has 1 aromatic heterocycles. The van der Waals surface area contributed by atoms with Gasteiger partial charge in [0.05, 0.1) is 17.5 Å². The molecule has 4 atom stereocenters. The second kappa shape index (κ2) is 10.3. The number of nitrogens with one attached hydrogen (secondary N) is 1. The lowest BCUT2D eigenvalue weighted by Gasteiger charge is -2.36. The van der Waals surface area contributed by atoms with Crippen LogP contribution in [0.5, 0.6) is 0 Å². The molecule has 1 unspecified atom stereocenters. The van der Waals surface area contributed by atoms with E-state index in [1.165, 1.54) is 15.9 Å². The Balaban J connectivity index is 1.33. The molecule has 5 rings (SSSR count). The van der Waals surface area contributed by atoms with E-state index in [1.54, 1.807) is 16.8 Å². The van der Waals surface area contributed by atoms with Gasteiger partial charge < -0.3 is 20.2 Å². The first-order valence-electron chi connectivity index (χ1n) is 13.7. The zero-order valence-corrected chi connectivity index (χ0v) is 22.9. The third-order valence-electron chi connectivity index (χ3n) is 7.85. The van der Waals surface area contributed by atoms with Gasteiger partial charge >= 0.3 is 0 Å². The molecule has 0 bridgehead atoms. The number of likely N-dealkylation sites (tertiary alicyclic amines) is 1. The summed E-state index contributed by atoms with van der Waals surface area (Å²) in [5.74, 6) is -1.34. The van der Waals surface area contributed by atoms with Crippen LogP contribution in [0, 0.1) is 18.2 Å². The Hall–Kier alpha value is -3.34. The van der Waals surface area contributed by atoms with E-state index in [0.717, 1.165) is 24.1 Å². The number of piperidine rings is 1. The molecule has 1 saturated carbocycles. The Labute approximate surface area is 227 Å².